The van der Waals surface area contributed by atoms with Gasteiger partial charge in [0.15, 0.2) is 0 Å². The summed E-state index contributed by atoms with van der Waals surface area (Å²) in [6.07, 6.45) is 4.35. The molecule has 0 atom stereocenters. The van der Waals surface area contributed by atoms with Crippen LogP contribution in [0.15, 0.2) is 42.2 Å². The predicted octanol–water partition coefficient (Wildman–Crippen LogP) is 2.00. The molecule has 0 spiro atoms. The first-order chi connectivity index (χ1) is 7.35. The topological polar surface area (TPSA) is 44.1 Å². The van der Waals surface area contributed by atoms with Gasteiger partial charge in [-0.15, -0.1) is 0 Å². The van der Waals surface area contributed by atoms with Gasteiger partial charge in [0.25, 0.3) is 0 Å². The highest BCUT2D eigenvalue weighted by molar-refractivity contribution is 5.69. The molecule has 3 nitrogen and oxygen atoms in total. The summed E-state index contributed by atoms with van der Waals surface area (Å²) >= 11 is 0. The lowest BCUT2D eigenvalue weighted by molar-refractivity contribution is 0.566. The molecule has 0 radical (unpaired) electrons. The van der Waals surface area contributed by atoms with Gasteiger partial charge in [0.1, 0.15) is 11.6 Å². The minimum Gasteiger partial charge on any atom is -0.311 e. The third-order valence-corrected chi connectivity index (χ3v) is 2.25. The predicted molar refractivity (Wildman–Crippen MR) is 56.6 cm³/mol. The Morgan fingerprint density at radius 3 is 2.60 bits per heavy atom. The fourth-order valence-electron chi connectivity index (χ4n) is 1.49. The zero-order valence-corrected chi connectivity index (χ0v) is 7.97. The van der Waals surface area contributed by atoms with Crippen molar-refractivity contribution in [2.24, 2.45) is 0 Å². The summed E-state index contributed by atoms with van der Waals surface area (Å²) in [5.41, 5.74) is 2.08. The van der Waals surface area contributed by atoms with Gasteiger partial charge in [0, 0.05) is 18.3 Å². The molecule has 0 N–H and O–H groups in total. The summed E-state index contributed by atoms with van der Waals surface area (Å²) in [5.74, 6) is 1.91. The molecule has 0 aromatic heterocycles. The lowest BCUT2D eigenvalue weighted by atomic mass is 10.2. The quantitative estimate of drug-likeness (QED) is 0.645. The Balaban J connectivity index is 2.34. The Bertz CT molecular complexity index is 487. The molecule has 0 unspecified atom stereocenters. The van der Waals surface area contributed by atoms with E-state index >= 15 is 0 Å². The summed E-state index contributed by atoms with van der Waals surface area (Å²) in [7, 11) is 0. The zero-order chi connectivity index (χ0) is 10.7. The Hall–Kier alpha value is -2.30. The van der Waals surface area contributed by atoms with Crippen LogP contribution in [0.3, 0.4) is 0 Å². The smallest absolute Gasteiger partial charge is 0.146 e. The third-order valence-electron chi connectivity index (χ3n) is 2.25. The Labute approximate surface area is 87.5 Å². The first-order valence-corrected chi connectivity index (χ1v) is 4.55. The number of anilines is 1. The summed E-state index contributed by atoms with van der Waals surface area (Å²) in [5, 5.41) is 8.65. The van der Waals surface area contributed by atoms with Crippen LogP contribution in [0.2, 0.25) is 0 Å². The highest BCUT2D eigenvalue weighted by Gasteiger charge is 2.13. The van der Waals surface area contributed by atoms with E-state index < -0.39 is 0 Å². The Kier molecular flexibility index (Phi) is 2.37. The standard InChI is InChI=1S/C12H8N2O/c13-8-10-3-5-11(6-4-10)14-7-1-2-12(14)9-15/h1,3-7H,2H2. The number of carbonyl (C=O) groups excluding carboxylic acids is 1. The second-order valence-electron chi connectivity index (χ2n) is 3.17. The van der Waals surface area contributed by atoms with E-state index in [1.165, 1.54) is 0 Å². The minimum atomic E-state index is 0.597. The van der Waals surface area contributed by atoms with E-state index in [2.05, 4.69) is 0 Å². The lowest BCUT2D eigenvalue weighted by Crippen LogP contribution is -2.10. The van der Waals surface area contributed by atoms with E-state index in [1.807, 2.05) is 36.4 Å². The summed E-state index contributed by atoms with van der Waals surface area (Å²) < 4.78 is 0. The molecular weight excluding hydrogens is 188 g/mol. The van der Waals surface area contributed by atoms with Crippen molar-refractivity contribution < 1.29 is 4.79 Å². The van der Waals surface area contributed by atoms with E-state index in [9.17, 15) is 4.79 Å². The van der Waals surface area contributed by atoms with E-state index in [1.54, 1.807) is 17.0 Å². The fraction of sp³-hybridized carbons (Fsp3) is 0.0833. The monoisotopic (exact) mass is 196 g/mol. The van der Waals surface area contributed by atoms with Gasteiger partial charge in [-0.25, -0.2) is 4.79 Å². The Morgan fingerprint density at radius 2 is 2.00 bits per heavy atom. The van der Waals surface area contributed by atoms with Crippen LogP contribution in [0.5, 0.6) is 0 Å². The Morgan fingerprint density at radius 1 is 1.27 bits per heavy atom. The number of benzene rings is 1. The van der Waals surface area contributed by atoms with Crippen LogP contribution in [0.1, 0.15) is 12.0 Å². The molecule has 0 saturated heterocycles. The van der Waals surface area contributed by atoms with Crippen molar-refractivity contribution in [3.63, 3.8) is 0 Å². The molecule has 1 aromatic carbocycles. The van der Waals surface area contributed by atoms with Crippen LogP contribution in [-0.2, 0) is 4.79 Å². The van der Waals surface area contributed by atoms with Gasteiger partial charge in [-0.3, -0.25) is 0 Å². The number of allylic oxidation sites excluding steroid dienone is 1. The van der Waals surface area contributed by atoms with Crippen molar-refractivity contribution in [2.45, 2.75) is 6.42 Å². The minimum absolute atomic E-state index is 0.597. The van der Waals surface area contributed by atoms with Crippen molar-refractivity contribution in [1.29, 1.82) is 5.26 Å². The van der Waals surface area contributed by atoms with E-state index in [4.69, 9.17) is 5.26 Å². The van der Waals surface area contributed by atoms with Crippen LogP contribution in [0, 0.1) is 11.3 Å². The van der Waals surface area contributed by atoms with Crippen molar-refractivity contribution in [3.05, 3.63) is 47.8 Å². The molecule has 0 fully saturated rings. The van der Waals surface area contributed by atoms with Crippen molar-refractivity contribution in [2.75, 3.05) is 4.90 Å². The average Bonchev–Trinajstić information content (AvgIpc) is 2.77. The number of nitriles is 1. The number of rotatable bonds is 1. The molecule has 0 aliphatic carbocycles. The molecule has 1 aromatic rings. The lowest BCUT2D eigenvalue weighted by Gasteiger charge is -2.15. The molecule has 1 aliphatic rings. The van der Waals surface area contributed by atoms with Crippen molar-refractivity contribution in [3.8, 4) is 6.07 Å². The van der Waals surface area contributed by atoms with E-state index in [0.717, 1.165) is 5.69 Å². The normalized spacial score (nSPS) is 13.8. The highest BCUT2D eigenvalue weighted by Crippen LogP contribution is 2.25. The fourth-order valence-corrected chi connectivity index (χ4v) is 1.49. The van der Waals surface area contributed by atoms with Crippen LogP contribution in [0.25, 0.3) is 0 Å². The highest BCUT2D eigenvalue weighted by atomic mass is 16.1. The summed E-state index contributed by atoms with van der Waals surface area (Å²) in [6, 6.07) is 9.12. The van der Waals surface area contributed by atoms with Gasteiger partial charge < -0.3 is 4.90 Å². The van der Waals surface area contributed by atoms with Gasteiger partial charge in [-0.1, -0.05) is 6.08 Å². The third kappa shape index (κ3) is 1.67. The maximum Gasteiger partial charge on any atom is 0.146 e. The van der Waals surface area contributed by atoms with Gasteiger partial charge in [0.2, 0.25) is 0 Å². The van der Waals surface area contributed by atoms with Crippen molar-refractivity contribution >= 4 is 11.6 Å². The molecule has 0 amide bonds. The number of hydrogen-bond acceptors (Lipinski definition) is 3. The van der Waals surface area contributed by atoms with Gasteiger partial charge >= 0.3 is 0 Å². The first-order valence-electron chi connectivity index (χ1n) is 4.55. The molecule has 15 heavy (non-hydrogen) atoms. The second-order valence-corrected chi connectivity index (χ2v) is 3.17. The van der Waals surface area contributed by atoms with Gasteiger partial charge in [0.05, 0.1) is 11.6 Å². The molecule has 1 aliphatic heterocycles. The maximum absolute atomic E-state index is 10.6. The molecule has 0 saturated carbocycles. The maximum atomic E-state index is 10.6. The first kappa shape index (κ1) is 9.26. The van der Waals surface area contributed by atoms with Crippen LogP contribution < -0.4 is 4.90 Å². The van der Waals surface area contributed by atoms with Gasteiger partial charge in [-0.2, -0.15) is 5.26 Å². The van der Waals surface area contributed by atoms with Gasteiger partial charge in [-0.05, 0) is 24.3 Å². The molecule has 0 bridgehead atoms. The molecule has 72 valence electrons. The molecular formula is C12H8N2O. The largest absolute Gasteiger partial charge is 0.311 e. The zero-order valence-electron chi connectivity index (χ0n) is 7.97. The van der Waals surface area contributed by atoms with Crippen LogP contribution >= 0.6 is 0 Å². The SMILES string of the molecule is N#Cc1ccc(N2C=CCC2=C=O)cc1. The van der Waals surface area contributed by atoms with Crippen LogP contribution in [-0.4, -0.2) is 5.94 Å². The van der Waals surface area contributed by atoms with Crippen LogP contribution in [0.4, 0.5) is 5.69 Å². The molecule has 3 heteroatoms. The van der Waals surface area contributed by atoms with Crippen molar-refractivity contribution in [1.82, 2.24) is 0 Å². The number of hydrogen-bond donors (Lipinski definition) is 0. The van der Waals surface area contributed by atoms with E-state index in [0.29, 0.717) is 17.7 Å². The summed E-state index contributed by atoms with van der Waals surface area (Å²) in [4.78, 5) is 12.4. The molecule has 2 rings (SSSR count). The molecule has 1 heterocycles. The second kappa shape index (κ2) is 3.83. The summed E-state index contributed by atoms with van der Waals surface area (Å²) in [6.45, 7) is 0. The van der Waals surface area contributed by atoms with E-state index in [-0.39, 0.29) is 0 Å². The average molecular weight is 196 g/mol. The number of nitrogens with zero attached hydrogens (tertiary/aromatic N) is 2.